The number of aromatic nitrogens is 2. The van der Waals surface area contributed by atoms with Gasteiger partial charge in [-0.15, -0.1) is 0 Å². The van der Waals surface area contributed by atoms with Crippen molar-refractivity contribution in [1.82, 2.24) is 19.6 Å². The minimum absolute atomic E-state index is 0.110. The van der Waals surface area contributed by atoms with Gasteiger partial charge in [0.15, 0.2) is 0 Å². The first-order valence-electron chi connectivity index (χ1n) is 9.21. The molecule has 7 heteroatoms. The third-order valence-electron chi connectivity index (χ3n) is 4.94. The van der Waals surface area contributed by atoms with Crippen molar-refractivity contribution in [2.45, 2.75) is 13.1 Å². The maximum Gasteiger partial charge on any atom is 0.261 e. The summed E-state index contributed by atoms with van der Waals surface area (Å²) < 4.78 is 1.70. The minimum atomic E-state index is -0.290. The summed E-state index contributed by atoms with van der Waals surface area (Å²) in [5.74, 6) is -0.690. The fourth-order valence-corrected chi connectivity index (χ4v) is 3.44. The van der Waals surface area contributed by atoms with Gasteiger partial charge in [-0.05, 0) is 29.8 Å². The van der Waals surface area contributed by atoms with Crippen molar-refractivity contribution in [1.29, 1.82) is 0 Å². The molecule has 0 atom stereocenters. The van der Waals surface area contributed by atoms with Crippen LogP contribution in [0.4, 0.5) is 0 Å². The summed E-state index contributed by atoms with van der Waals surface area (Å²) in [6.07, 6.45) is 3.60. The number of imide groups is 1. The normalized spacial score (nSPS) is 13.0. The quantitative estimate of drug-likeness (QED) is 0.630. The van der Waals surface area contributed by atoms with E-state index in [0.29, 0.717) is 23.2 Å². The van der Waals surface area contributed by atoms with Crippen LogP contribution in [0.5, 0.6) is 0 Å². The fraction of sp³-hybridized carbons (Fsp3) is 0.182. The highest BCUT2D eigenvalue weighted by molar-refractivity contribution is 6.21. The van der Waals surface area contributed by atoms with Crippen LogP contribution in [-0.2, 0) is 20.1 Å². The first-order valence-corrected chi connectivity index (χ1v) is 9.21. The predicted molar refractivity (Wildman–Crippen MR) is 106 cm³/mol. The number of nitrogens with zero attached hydrogens (tertiary/aromatic N) is 4. The summed E-state index contributed by atoms with van der Waals surface area (Å²) in [7, 11) is 3.57. The van der Waals surface area contributed by atoms with Gasteiger partial charge < -0.3 is 4.90 Å². The third kappa shape index (κ3) is 3.54. The Hall–Kier alpha value is -3.74. The Labute approximate surface area is 168 Å². The number of benzene rings is 2. The highest BCUT2D eigenvalue weighted by Gasteiger charge is 2.34. The molecule has 4 rings (SSSR count). The van der Waals surface area contributed by atoms with Gasteiger partial charge in [-0.3, -0.25) is 24.0 Å². The van der Waals surface area contributed by atoms with Crippen molar-refractivity contribution in [2.24, 2.45) is 7.05 Å². The summed E-state index contributed by atoms with van der Waals surface area (Å²) in [5.41, 5.74) is 3.14. The molecule has 0 saturated carbocycles. The van der Waals surface area contributed by atoms with E-state index in [0.717, 1.165) is 11.1 Å². The lowest BCUT2D eigenvalue weighted by Gasteiger charge is -2.17. The number of amides is 3. The molecule has 0 spiro atoms. The number of hydrogen-bond donors (Lipinski definition) is 0. The Morgan fingerprint density at radius 3 is 2.14 bits per heavy atom. The van der Waals surface area contributed by atoms with Gasteiger partial charge in [-0.1, -0.05) is 24.3 Å². The number of rotatable bonds is 5. The van der Waals surface area contributed by atoms with Crippen LogP contribution < -0.4 is 0 Å². The molecule has 0 aliphatic carbocycles. The van der Waals surface area contributed by atoms with Gasteiger partial charge in [0.05, 0.1) is 23.9 Å². The van der Waals surface area contributed by atoms with E-state index in [1.165, 1.54) is 4.90 Å². The molecule has 1 aromatic heterocycles. The van der Waals surface area contributed by atoms with Crippen LogP contribution in [0.3, 0.4) is 0 Å². The second-order valence-electron chi connectivity index (χ2n) is 7.12. The average Bonchev–Trinajstić information content (AvgIpc) is 3.24. The van der Waals surface area contributed by atoms with Gasteiger partial charge in [0, 0.05) is 38.0 Å². The number of carbonyl (C=O) groups excluding carboxylic acids is 3. The number of fused-ring (bicyclic) bond motifs is 1. The zero-order valence-corrected chi connectivity index (χ0v) is 16.2. The van der Waals surface area contributed by atoms with Crippen LogP contribution in [0.2, 0.25) is 0 Å². The molecule has 0 N–H and O–H groups in total. The molecule has 0 fully saturated rings. The van der Waals surface area contributed by atoms with E-state index in [9.17, 15) is 14.4 Å². The molecule has 146 valence electrons. The maximum absolute atomic E-state index is 12.6. The molecule has 1 aliphatic rings. The lowest BCUT2D eigenvalue weighted by Crippen LogP contribution is -2.29. The Bertz CT molecular complexity index is 1070. The molecule has 7 nitrogen and oxygen atoms in total. The summed E-state index contributed by atoms with van der Waals surface area (Å²) in [4.78, 5) is 40.5. The van der Waals surface area contributed by atoms with E-state index in [-0.39, 0.29) is 24.3 Å². The zero-order valence-electron chi connectivity index (χ0n) is 16.2. The molecule has 0 radical (unpaired) electrons. The van der Waals surface area contributed by atoms with Gasteiger partial charge in [0.2, 0.25) is 0 Å². The zero-order chi connectivity index (χ0) is 20.5. The van der Waals surface area contributed by atoms with Crippen molar-refractivity contribution in [3.8, 4) is 0 Å². The van der Waals surface area contributed by atoms with Crippen LogP contribution in [-0.4, -0.2) is 44.3 Å². The molecular weight excluding hydrogens is 368 g/mol. The predicted octanol–water partition coefficient (Wildman–Crippen LogP) is 2.49. The molecular formula is C22H20N4O3. The van der Waals surface area contributed by atoms with E-state index >= 15 is 0 Å². The molecule has 0 bridgehead atoms. The summed E-state index contributed by atoms with van der Waals surface area (Å²) in [5, 5.41) is 4.11. The summed E-state index contributed by atoms with van der Waals surface area (Å²) in [6.45, 7) is 0.635. The molecule has 3 amide bonds. The van der Waals surface area contributed by atoms with Crippen molar-refractivity contribution in [3.05, 3.63) is 88.7 Å². The Balaban J connectivity index is 1.44. The highest BCUT2D eigenvalue weighted by atomic mass is 16.2. The van der Waals surface area contributed by atoms with E-state index < -0.39 is 0 Å². The Kier molecular flexibility index (Phi) is 4.72. The van der Waals surface area contributed by atoms with E-state index in [1.54, 1.807) is 71.4 Å². The molecule has 2 heterocycles. The lowest BCUT2D eigenvalue weighted by atomic mass is 10.1. The van der Waals surface area contributed by atoms with Crippen LogP contribution in [0.1, 0.15) is 42.2 Å². The summed E-state index contributed by atoms with van der Waals surface area (Å²) in [6, 6.07) is 13.8. The monoisotopic (exact) mass is 388 g/mol. The smallest absolute Gasteiger partial charge is 0.261 e. The Morgan fingerprint density at radius 2 is 1.59 bits per heavy atom. The molecule has 0 unspecified atom stereocenters. The highest BCUT2D eigenvalue weighted by Crippen LogP contribution is 2.24. The van der Waals surface area contributed by atoms with Crippen molar-refractivity contribution in [2.75, 3.05) is 7.05 Å². The number of hydrogen-bond acceptors (Lipinski definition) is 4. The third-order valence-corrected chi connectivity index (χ3v) is 4.94. The van der Waals surface area contributed by atoms with E-state index in [4.69, 9.17) is 0 Å². The van der Waals surface area contributed by atoms with Crippen molar-refractivity contribution < 1.29 is 14.4 Å². The molecule has 1 aliphatic heterocycles. The van der Waals surface area contributed by atoms with Crippen LogP contribution in [0.25, 0.3) is 0 Å². The second kappa shape index (κ2) is 7.35. The van der Waals surface area contributed by atoms with E-state index in [2.05, 4.69) is 5.10 Å². The standard InChI is InChI=1S/C22H20N4O3/c1-24(12-16-11-23-25(2)13-16)20(27)17-9-7-15(8-10-17)14-26-21(28)18-5-3-4-6-19(18)22(26)29/h3-11,13H,12,14H2,1-2H3. The van der Waals surface area contributed by atoms with Crippen molar-refractivity contribution >= 4 is 17.7 Å². The van der Waals surface area contributed by atoms with Crippen molar-refractivity contribution in [3.63, 3.8) is 0 Å². The van der Waals surface area contributed by atoms with Gasteiger partial charge in [0.1, 0.15) is 0 Å². The molecule has 0 saturated heterocycles. The maximum atomic E-state index is 12.6. The minimum Gasteiger partial charge on any atom is -0.337 e. The van der Waals surface area contributed by atoms with Crippen LogP contribution in [0.15, 0.2) is 60.9 Å². The largest absolute Gasteiger partial charge is 0.337 e. The van der Waals surface area contributed by atoms with Crippen LogP contribution in [0, 0.1) is 0 Å². The fourth-order valence-electron chi connectivity index (χ4n) is 3.44. The summed E-state index contributed by atoms with van der Waals surface area (Å²) >= 11 is 0. The first-order chi connectivity index (χ1) is 13.9. The second-order valence-corrected chi connectivity index (χ2v) is 7.12. The Morgan fingerprint density at radius 1 is 0.966 bits per heavy atom. The molecule has 3 aromatic rings. The van der Waals surface area contributed by atoms with Crippen LogP contribution >= 0.6 is 0 Å². The number of carbonyl (C=O) groups is 3. The van der Waals surface area contributed by atoms with Gasteiger partial charge in [0.25, 0.3) is 17.7 Å². The SMILES string of the molecule is CN(Cc1cnn(C)c1)C(=O)c1ccc(CN2C(=O)c3ccccc3C2=O)cc1. The first kappa shape index (κ1) is 18.6. The molecule has 2 aromatic carbocycles. The number of aryl methyl sites for hydroxylation is 1. The molecule has 29 heavy (non-hydrogen) atoms. The van der Waals surface area contributed by atoms with Gasteiger partial charge >= 0.3 is 0 Å². The average molecular weight is 388 g/mol. The topological polar surface area (TPSA) is 75.5 Å². The van der Waals surface area contributed by atoms with E-state index in [1.807, 2.05) is 13.2 Å². The van der Waals surface area contributed by atoms with Gasteiger partial charge in [-0.25, -0.2) is 0 Å². The van der Waals surface area contributed by atoms with Gasteiger partial charge in [-0.2, -0.15) is 5.10 Å². The lowest BCUT2D eigenvalue weighted by molar-refractivity contribution is 0.0641.